The Labute approximate surface area is 225 Å². The lowest BCUT2D eigenvalue weighted by atomic mass is 9.99. The second-order valence-corrected chi connectivity index (χ2v) is 8.91. The molecule has 6 atom stereocenters. The van der Waals surface area contributed by atoms with E-state index in [1.807, 2.05) is 0 Å². The zero-order chi connectivity index (χ0) is 28.9. The number of carbonyl (C=O) groups is 1. The number of nitro groups is 1. The second-order valence-electron chi connectivity index (χ2n) is 8.91. The van der Waals surface area contributed by atoms with Gasteiger partial charge in [0.15, 0.2) is 17.8 Å². The molecule has 2 rings (SSSR count). The van der Waals surface area contributed by atoms with Gasteiger partial charge < -0.3 is 55.2 Å². The van der Waals surface area contributed by atoms with E-state index in [-0.39, 0.29) is 42.5 Å². The maximum absolute atomic E-state index is 12.2. The first-order valence-corrected chi connectivity index (χ1v) is 12.7. The molecule has 0 aromatic heterocycles. The monoisotopic (exact) mass is 561 g/mol. The van der Waals surface area contributed by atoms with Crippen LogP contribution in [0.2, 0.25) is 0 Å². The summed E-state index contributed by atoms with van der Waals surface area (Å²) in [6, 6.07) is 2.64. The van der Waals surface area contributed by atoms with Crippen LogP contribution in [0.1, 0.15) is 44.3 Å². The summed E-state index contributed by atoms with van der Waals surface area (Å²) in [6.07, 6.45) is -6.08. The molecule has 0 aliphatic carbocycles. The number of nitrogens with two attached hydrogens (primary N) is 1. The van der Waals surface area contributed by atoms with Crippen molar-refractivity contribution in [2.24, 2.45) is 5.73 Å². The normalized spacial score (nSPS) is 23.6. The highest BCUT2D eigenvalue weighted by Crippen LogP contribution is 2.38. The average Bonchev–Trinajstić information content (AvgIpc) is 2.91. The smallest absolute Gasteiger partial charge is 0.407 e. The number of nitrogens with one attached hydrogen (secondary N) is 1. The number of aliphatic hydroxyl groups excluding tert-OH is 4. The van der Waals surface area contributed by atoms with Crippen molar-refractivity contribution in [1.29, 1.82) is 0 Å². The number of aliphatic hydroxyl groups is 4. The Morgan fingerprint density at radius 1 is 1.13 bits per heavy atom. The maximum atomic E-state index is 12.2. The number of carbonyl (C=O) groups excluding carboxylic acids is 1. The van der Waals surface area contributed by atoms with Crippen molar-refractivity contribution in [3.63, 3.8) is 0 Å². The summed E-state index contributed by atoms with van der Waals surface area (Å²) in [5.74, 6) is 0.447. The van der Waals surface area contributed by atoms with E-state index >= 15 is 0 Å². The molecule has 0 bridgehead atoms. The quantitative estimate of drug-likeness (QED) is 0.0896. The fraction of sp³-hybridized carbons (Fsp3) is 0.708. The number of nitro benzene ring substituents is 1. The average molecular weight is 562 g/mol. The maximum Gasteiger partial charge on any atom is 0.407 e. The third kappa shape index (κ3) is 9.42. The van der Waals surface area contributed by atoms with Crippen molar-refractivity contribution >= 4 is 11.8 Å². The molecule has 0 spiro atoms. The summed E-state index contributed by atoms with van der Waals surface area (Å²) in [7, 11) is 1.40. The van der Waals surface area contributed by atoms with Crippen LogP contribution in [0, 0.1) is 10.1 Å². The number of hydrogen-bond acceptors (Lipinski definition) is 13. The molecule has 1 aromatic carbocycles. The molecule has 0 radical (unpaired) electrons. The molecule has 1 heterocycles. The first-order chi connectivity index (χ1) is 18.6. The topological polar surface area (TPSA) is 225 Å². The fourth-order valence-electron chi connectivity index (χ4n) is 3.85. The third-order valence-electron chi connectivity index (χ3n) is 6.06. The Hall–Kier alpha value is -2.79. The molecular formula is C24H39N3O12. The van der Waals surface area contributed by atoms with Gasteiger partial charge in [-0.3, -0.25) is 10.1 Å². The van der Waals surface area contributed by atoms with Gasteiger partial charge in [-0.15, -0.1) is 0 Å². The summed E-state index contributed by atoms with van der Waals surface area (Å²) in [5, 5.41) is 52.9. The molecule has 1 saturated heterocycles. The lowest BCUT2D eigenvalue weighted by Gasteiger charge is -2.39. The third-order valence-corrected chi connectivity index (χ3v) is 6.06. The molecule has 7 N–H and O–H groups in total. The van der Waals surface area contributed by atoms with Gasteiger partial charge in [0, 0.05) is 13.2 Å². The van der Waals surface area contributed by atoms with Crippen LogP contribution in [-0.2, 0) is 14.2 Å². The van der Waals surface area contributed by atoms with Crippen molar-refractivity contribution < 1.29 is 53.8 Å². The van der Waals surface area contributed by atoms with E-state index in [1.165, 1.54) is 26.2 Å². The lowest BCUT2D eigenvalue weighted by molar-refractivity contribution is -0.386. The molecule has 6 unspecified atom stereocenters. The molecule has 15 nitrogen and oxygen atoms in total. The summed E-state index contributed by atoms with van der Waals surface area (Å²) < 4.78 is 26.8. The Morgan fingerprint density at radius 3 is 2.51 bits per heavy atom. The van der Waals surface area contributed by atoms with E-state index in [0.29, 0.717) is 32.2 Å². The second kappa shape index (κ2) is 16.3. The van der Waals surface area contributed by atoms with Crippen LogP contribution in [0.4, 0.5) is 10.5 Å². The number of ether oxygens (including phenoxy) is 5. The van der Waals surface area contributed by atoms with Crippen LogP contribution in [-0.4, -0.2) is 102 Å². The zero-order valence-corrected chi connectivity index (χ0v) is 22.1. The van der Waals surface area contributed by atoms with E-state index in [9.17, 15) is 35.3 Å². The van der Waals surface area contributed by atoms with Gasteiger partial charge in [0.2, 0.25) is 0 Å². The number of rotatable bonds is 16. The molecule has 1 aliphatic rings. The molecule has 39 heavy (non-hydrogen) atoms. The van der Waals surface area contributed by atoms with Gasteiger partial charge in [-0.1, -0.05) is 0 Å². The van der Waals surface area contributed by atoms with E-state index in [2.05, 4.69) is 5.32 Å². The number of alkyl carbamates (subject to hydrolysis) is 1. The van der Waals surface area contributed by atoms with Crippen molar-refractivity contribution in [3.8, 4) is 11.5 Å². The Balaban J connectivity index is 1.77. The van der Waals surface area contributed by atoms with Crippen molar-refractivity contribution in [2.75, 3.05) is 40.0 Å². The predicted octanol–water partition coefficient (Wildman–Crippen LogP) is 0.105. The van der Waals surface area contributed by atoms with E-state index < -0.39 is 54.4 Å². The van der Waals surface area contributed by atoms with Gasteiger partial charge in [0.1, 0.15) is 30.5 Å². The highest BCUT2D eigenvalue weighted by atomic mass is 16.7. The first kappa shape index (κ1) is 32.4. The number of benzene rings is 1. The highest BCUT2D eigenvalue weighted by Gasteiger charge is 2.43. The predicted molar refractivity (Wildman–Crippen MR) is 135 cm³/mol. The van der Waals surface area contributed by atoms with Gasteiger partial charge >= 0.3 is 6.09 Å². The van der Waals surface area contributed by atoms with Gasteiger partial charge in [0.25, 0.3) is 5.69 Å². The number of methoxy groups -OCH3 is 1. The van der Waals surface area contributed by atoms with Gasteiger partial charge in [-0.2, -0.15) is 0 Å². The first-order valence-electron chi connectivity index (χ1n) is 12.7. The molecule has 222 valence electrons. The van der Waals surface area contributed by atoms with Crippen LogP contribution in [0.15, 0.2) is 12.1 Å². The highest BCUT2D eigenvalue weighted by molar-refractivity contribution is 5.68. The molecule has 1 fully saturated rings. The SMILES string of the molecule is COc1cc(C(C)OC(=O)NCCCCCOC2OC(CO)C(O)C(O)C2O)c([N+](=O)[O-])cc1OCCCN. The Kier molecular flexibility index (Phi) is 13.6. The Bertz CT molecular complexity index is 919. The van der Waals surface area contributed by atoms with Gasteiger partial charge in [-0.05, 0) is 45.2 Å². The number of nitrogens with zero attached hydrogens (tertiary/aromatic N) is 1. The molecule has 15 heteroatoms. The summed E-state index contributed by atoms with van der Waals surface area (Å²) in [4.78, 5) is 23.3. The van der Waals surface area contributed by atoms with Crippen LogP contribution >= 0.6 is 0 Å². The van der Waals surface area contributed by atoms with Crippen LogP contribution in [0.5, 0.6) is 11.5 Å². The zero-order valence-electron chi connectivity index (χ0n) is 22.1. The number of hydrogen-bond donors (Lipinski definition) is 6. The molecule has 1 amide bonds. The molecular weight excluding hydrogens is 522 g/mol. The minimum Gasteiger partial charge on any atom is -0.493 e. The van der Waals surface area contributed by atoms with Crippen LogP contribution in [0.3, 0.4) is 0 Å². The summed E-state index contributed by atoms with van der Waals surface area (Å²) >= 11 is 0. The van der Waals surface area contributed by atoms with Crippen LogP contribution < -0.4 is 20.5 Å². The van der Waals surface area contributed by atoms with Crippen molar-refractivity contribution in [2.45, 2.75) is 69.4 Å². The fourth-order valence-corrected chi connectivity index (χ4v) is 3.85. The number of unbranched alkanes of at least 4 members (excludes halogenated alkanes) is 2. The van der Waals surface area contributed by atoms with Gasteiger partial charge in [-0.25, -0.2) is 4.79 Å². The largest absolute Gasteiger partial charge is 0.493 e. The molecule has 1 aromatic rings. The molecule has 1 aliphatic heterocycles. The van der Waals surface area contributed by atoms with E-state index in [4.69, 9.17) is 29.4 Å². The lowest BCUT2D eigenvalue weighted by Crippen LogP contribution is -2.59. The van der Waals surface area contributed by atoms with Crippen molar-refractivity contribution in [3.05, 3.63) is 27.8 Å². The number of amides is 1. The summed E-state index contributed by atoms with van der Waals surface area (Å²) in [5.41, 5.74) is 5.31. The van der Waals surface area contributed by atoms with E-state index in [0.717, 1.165) is 0 Å². The minimum atomic E-state index is -1.51. The van der Waals surface area contributed by atoms with Crippen molar-refractivity contribution in [1.82, 2.24) is 5.32 Å². The van der Waals surface area contributed by atoms with Crippen LogP contribution in [0.25, 0.3) is 0 Å². The van der Waals surface area contributed by atoms with E-state index in [1.54, 1.807) is 0 Å². The summed E-state index contributed by atoms with van der Waals surface area (Å²) in [6.45, 7) is 2.07. The Morgan fingerprint density at radius 2 is 1.87 bits per heavy atom. The minimum absolute atomic E-state index is 0.142. The standard InChI is InChI=1S/C24H39N3O12/c1-14(15-11-17(35-2)18(36-10-6-7-25)12-16(15)27(33)34)38-24(32)26-8-4-3-5-9-37-23-22(31)21(30)20(29)19(13-28)39-23/h11-12,14,19-23,28-31H,3-10,13,25H2,1-2H3,(H,26,32). The molecule has 0 saturated carbocycles. The van der Waals surface area contributed by atoms with Gasteiger partial charge in [0.05, 0.1) is 36.9 Å².